The first-order valence-electron chi connectivity index (χ1n) is 5.20. The molecule has 1 aromatic carbocycles. The summed E-state index contributed by atoms with van der Waals surface area (Å²) < 4.78 is 0. The van der Waals surface area contributed by atoms with Crippen molar-refractivity contribution in [2.24, 2.45) is 0 Å². The first kappa shape index (κ1) is 10.6. The summed E-state index contributed by atoms with van der Waals surface area (Å²) in [6.07, 6.45) is 0.770. The van der Waals surface area contributed by atoms with Crippen LogP contribution in [0.3, 0.4) is 0 Å². The molecule has 0 fully saturated rings. The van der Waals surface area contributed by atoms with Crippen molar-refractivity contribution in [3.8, 4) is 11.1 Å². The summed E-state index contributed by atoms with van der Waals surface area (Å²) in [4.78, 5) is 14.8. The minimum absolute atomic E-state index is 0.480. The van der Waals surface area contributed by atoms with Gasteiger partial charge in [-0.25, -0.2) is 4.98 Å². The number of carbonyl (C=O) groups is 1. The second kappa shape index (κ2) is 4.27. The van der Waals surface area contributed by atoms with Crippen molar-refractivity contribution in [1.29, 1.82) is 0 Å². The van der Waals surface area contributed by atoms with Crippen molar-refractivity contribution in [3.63, 3.8) is 0 Å². The Kier molecular flexibility index (Phi) is 2.82. The van der Waals surface area contributed by atoms with E-state index in [4.69, 9.17) is 0 Å². The fourth-order valence-corrected chi connectivity index (χ4v) is 1.68. The molecule has 0 saturated heterocycles. The largest absolute Gasteiger partial charge is 0.296 e. The molecule has 2 nitrogen and oxygen atoms in total. The Hall–Kier alpha value is -1.96. The molecule has 0 amide bonds. The van der Waals surface area contributed by atoms with Crippen molar-refractivity contribution in [1.82, 2.24) is 4.98 Å². The van der Waals surface area contributed by atoms with Gasteiger partial charge in [0.2, 0.25) is 0 Å². The highest BCUT2D eigenvalue weighted by molar-refractivity contribution is 5.74. The SMILES string of the molecule is Cc1ccc(-c2ccc(C=O)nc2C)cc1. The van der Waals surface area contributed by atoms with Crippen LogP contribution in [0.4, 0.5) is 0 Å². The van der Waals surface area contributed by atoms with Crippen molar-refractivity contribution in [3.05, 3.63) is 53.3 Å². The van der Waals surface area contributed by atoms with E-state index in [1.807, 2.05) is 13.0 Å². The van der Waals surface area contributed by atoms with Crippen molar-refractivity contribution in [2.75, 3.05) is 0 Å². The summed E-state index contributed by atoms with van der Waals surface area (Å²) in [6.45, 7) is 3.98. The van der Waals surface area contributed by atoms with Crippen LogP contribution >= 0.6 is 0 Å². The molecule has 0 unspecified atom stereocenters. The first-order chi connectivity index (χ1) is 7.70. The molecule has 1 aromatic heterocycles. The normalized spacial score (nSPS) is 10.1. The number of pyridine rings is 1. The Morgan fingerprint density at radius 1 is 1.00 bits per heavy atom. The lowest BCUT2D eigenvalue weighted by atomic mass is 10.0. The smallest absolute Gasteiger partial charge is 0.168 e. The van der Waals surface area contributed by atoms with Crippen LogP contribution in [-0.2, 0) is 0 Å². The molecule has 2 aromatic rings. The number of rotatable bonds is 2. The Bertz CT molecular complexity index is 515. The summed E-state index contributed by atoms with van der Waals surface area (Å²) in [5, 5.41) is 0. The van der Waals surface area contributed by atoms with E-state index < -0.39 is 0 Å². The summed E-state index contributed by atoms with van der Waals surface area (Å²) in [5.41, 5.74) is 4.80. The lowest BCUT2D eigenvalue weighted by Crippen LogP contribution is -1.92. The zero-order valence-electron chi connectivity index (χ0n) is 9.40. The van der Waals surface area contributed by atoms with E-state index in [9.17, 15) is 4.79 Å². The molecule has 2 heteroatoms. The number of aryl methyl sites for hydroxylation is 2. The molecular weight excluding hydrogens is 198 g/mol. The predicted octanol–water partition coefficient (Wildman–Crippen LogP) is 3.18. The molecule has 0 N–H and O–H groups in total. The van der Waals surface area contributed by atoms with Crippen molar-refractivity contribution >= 4 is 6.29 Å². The van der Waals surface area contributed by atoms with Gasteiger partial charge in [0.05, 0.1) is 0 Å². The van der Waals surface area contributed by atoms with Gasteiger partial charge in [-0.2, -0.15) is 0 Å². The standard InChI is InChI=1S/C14H13NO/c1-10-3-5-12(6-4-10)14-8-7-13(9-16)15-11(14)2/h3-9H,1-2H3. The van der Waals surface area contributed by atoms with Gasteiger partial charge in [-0.15, -0.1) is 0 Å². The zero-order valence-corrected chi connectivity index (χ0v) is 9.40. The lowest BCUT2D eigenvalue weighted by molar-refractivity contribution is 0.111. The molecule has 0 aliphatic carbocycles. The van der Waals surface area contributed by atoms with Gasteiger partial charge >= 0.3 is 0 Å². The highest BCUT2D eigenvalue weighted by atomic mass is 16.1. The third kappa shape index (κ3) is 2.01. The van der Waals surface area contributed by atoms with Crippen molar-refractivity contribution in [2.45, 2.75) is 13.8 Å². The molecular formula is C14H13NO. The van der Waals surface area contributed by atoms with Gasteiger partial charge in [0.15, 0.2) is 6.29 Å². The van der Waals surface area contributed by atoms with Crippen LogP contribution in [0.25, 0.3) is 11.1 Å². The molecule has 0 aliphatic heterocycles. The minimum Gasteiger partial charge on any atom is -0.296 e. The highest BCUT2D eigenvalue weighted by Crippen LogP contribution is 2.22. The third-order valence-corrected chi connectivity index (χ3v) is 2.59. The Morgan fingerprint density at radius 2 is 1.69 bits per heavy atom. The average Bonchev–Trinajstić information content (AvgIpc) is 2.30. The highest BCUT2D eigenvalue weighted by Gasteiger charge is 2.03. The number of aromatic nitrogens is 1. The number of nitrogens with zero attached hydrogens (tertiary/aromatic N) is 1. The van der Waals surface area contributed by atoms with Gasteiger partial charge in [-0.1, -0.05) is 35.9 Å². The van der Waals surface area contributed by atoms with E-state index in [-0.39, 0.29) is 0 Å². The Labute approximate surface area is 95.0 Å². The minimum atomic E-state index is 0.480. The Balaban J connectivity index is 2.48. The summed E-state index contributed by atoms with van der Waals surface area (Å²) in [5.74, 6) is 0. The monoisotopic (exact) mass is 211 g/mol. The van der Waals surface area contributed by atoms with Crippen LogP contribution in [0.1, 0.15) is 21.7 Å². The Morgan fingerprint density at radius 3 is 2.25 bits per heavy atom. The maximum absolute atomic E-state index is 10.6. The predicted molar refractivity (Wildman–Crippen MR) is 64.5 cm³/mol. The summed E-state index contributed by atoms with van der Waals surface area (Å²) >= 11 is 0. The van der Waals surface area contributed by atoms with E-state index in [1.54, 1.807) is 6.07 Å². The van der Waals surface area contributed by atoms with Crippen molar-refractivity contribution < 1.29 is 4.79 Å². The molecule has 0 saturated carbocycles. The fourth-order valence-electron chi connectivity index (χ4n) is 1.68. The van der Waals surface area contributed by atoms with E-state index in [0.717, 1.165) is 23.1 Å². The molecule has 2 rings (SSSR count). The molecule has 80 valence electrons. The number of hydrogen-bond acceptors (Lipinski definition) is 2. The van der Waals surface area contributed by atoms with Crippen LogP contribution in [0, 0.1) is 13.8 Å². The maximum Gasteiger partial charge on any atom is 0.168 e. The summed E-state index contributed by atoms with van der Waals surface area (Å²) in [7, 11) is 0. The van der Waals surface area contributed by atoms with Crippen LogP contribution in [-0.4, -0.2) is 11.3 Å². The molecule has 1 heterocycles. The molecule has 16 heavy (non-hydrogen) atoms. The van der Waals surface area contributed by atoms with Gasteiger partial charge in [0.1, 0.15) is 5.69 Å². The number of carbonyl (C=O) groups excluding carboxylic acids is 1. The quantitative estimate of drug-likeness (QED) is 0.714. The average molecular weight is 211 g/mol. The van der Waals surface area contributed by atoms with Crippen LogP contribution < -0.4 is 0 Å². The number of hydrogen-bond donors (Lipinski definition) is 0. The van der Waals surface area contributed by atoms with Gasteiger partial charge in [-0.05, 0) is 25.5 Å². The van der Waals surface area contributed by atoms with E-state index in [2.05, 4.69) is 36.2 Å². The lowest BCUT2D eigenvalue weighted by Gasteiger charge is -2.06. The third-order valence-electron chi connectivity index (χ3n) is 2.59. The molecule has 0 atom stereocenters. The van der Waals surface area contributed by atoms with Gasteiger partial charge in [0.25, 0.3) is 0 Å². The van der Waals surface area contributed by atoms with E-state index >= 15 is 0 Å². The molecule has 0 bridgehead atoms. The zero-order chi connectivity index (χ0) is 11.5. The second-order valence-corrected chi connectivity index (χ2v) is 3.85. The first-order valence-corrected chi connectivity index (χ1v) is 5.20. The maximum atomic E-state index is 10.6. The molecule has 0 spiro atoms. The van der Waals surface area contributed by atoms with Crippen LogP contribution in [0.2, 0.25) is 0 Å². The van der Waals surface area contributed by atoms with Gasteiger partial charge < -0.3 is 0 Å². The van der Waals surface area contributed by atoms with Gasteiger partial charge in [-0.3, -0.25) is 4.79 Å². The summed E-state index contributed by atoms with van der Waals surface area (Å²) in [6, 6.07) is 12.0. The molecule has 0 radical (unpaired) electrons. The van der Waals surface area contributed by atoms with E-state index in [0.29, 0.717) is 5.69 Å². The number of aldehydes is 1. The fraction of sp³-hybridized carbons (Fsp3) is 0.143. The van der Waals surface area contributed by atoms with Crippen LogP contribution in [0.15, 0.2) is 36.4 Å². The topological polar surface area (TPSA) is 30.0 Å². The van der Waals surface area contributed by atoms with Crippen LogP contribution in [0.5, 0.6) is 0 Å². The second-order valence-electron chi connectivity index (χ2n) is 3.85. The van der Waals surface area contributed by atoms with E-state index in [1.165, 1.54) is 5.56 Å². The number of benzene rings is 1. The molecule has 0 aliphatic rings. The van der Waals surface area contributed by atoms with Gasteiger partial charge in [0, 0.05) is 11.3 Å².